The molecule has 0 atom stereocenters. The van der Waals surface area contributed by atoms with Crippen molar-refractivity contribution in [3.63, 3.8) is 0 Å². The zero-order chi connectivity index (χ0) is 15.5. The second-order valence-corrected chi connectivity index (χ2v) is 4.97. The minimum atomic E-state index is -0.255. The van der Waals surface area contributed by atoms with Gasteiger partial charge in [-0.15, -0.1) is 0 Å². The SMILES string of the molecule is Cc1nc(NC(=O)c2cnn(Cc3ccccc3)c2)n(C)n1. The van der Waals surface area contributed by atoms with Crippen LogP contribution in [-0.4, -0.2) is 30.5 Å². The van der Waals surface area contributed by atoms with E-state index in [-0.39, 0.29) is 5.91 Å². The Morgan fingerprint density at radius 1 is 1.27 bits per heavy atom. The number of hydrogen-bond donors (Lipinski definition) is 1. The average molecular weight is 296 g/mol. The van der Waals surface area contributed by atoms with Gasteiger partial charge < -0.3 is 0 Å². The summed E-state index contributed by atoms with van der Waals surface area (Å²) in [4.78, 5) is 16.3. The van der Waals surface area contributed by atoms with E-state index in [9.17, 15) is 4.79 Å². The molecule has 0 spiro atoms. The second kappa shape index (κ2) is 5.80. The zero-order valence-corrected chi connectivity index (χ0v) is 12.4. The van der Waals surface area contributed by atoms with Crippen molar-refractivity contribution in [2.45, 2.75) is 13.5 Å². The number of aryl methyl sites for hydroxylation is 2. The smallest absolute Gasteiger partial charge is 0.261 e. The molecule has 1 N–H and O–H groups in total. The van der Waals surface area contributed by atoms with Crippen LogP contribution in [0.2, 0.25) is 0 Å². The fraction of sp³-hybridized carbons (Fsp3) is 0.200. The number of hydrogen-bond acceptors (Lipinski definition) is 4. The minimum Gasteiger partial charge on any atom is -0.290 e. The Labute approximate surface area is 127 Å². The van der Waals surface area contributed by atoms with Crippen LogP contribution in [0, 0.1) is 6.92 Å². The van der Waals surface area contributed by atoms with Gasteiger partial charge in [0.15, 0.2) is 0 Å². The van der Waals surface area contributed by atoms with Gasteiger partial charge in [0.2, 0.25) is 5.95 Å². The summed E-state index contributed by atoms with van der Waals surface area (Å²) in [5.74, 6) is 0.769. The third-order valence-corrected chi connectivity index (χ3v) is 3.18. The number of amides is 1. The van der Waals surface area contributed by atoms with Crippen LogP contribution in [0.5, 0.6) is 0 Å². The lowest BCUT2D eigenvalue weighted by Gasteiger charge is -2.02. The van der Waals surface area contributed by atoms with Crippen LogP contribution >= 0.6 is 0 Å². The summed E-state index contributed by atoms with van der Waals surface area (Å²) in [7, 11) is 1.73. The molecule has 0 saturated carbocycles. The lowest BCUT2D eigenvalue weighted by molar-refractivity contribution is 0.102. The van der Waals surface area contributed by atoms with Gasteiger partial charge in [-0.1, -0.05) is 30.3 Å². The van der Waals surface area contributed by atoms with Crippen molar-refractivity contribution in [2.75, 3.05) is 5.32 Å². The van der Waals surface area contributed by atoms with Gasteiger partial charge in [0, 0.05) is 13.2 Å². The van der Waals surface area contributed by atoms with Gasteiger partial charge in [0.05, 0.1) is 18.3 Å². The standard InChI is InChI=1S/C15H16N6O/c1-11-17-15(20(2)19-11)18-14(22)13-8-16-21(10-13)9-12-6-4-3-5-7-12/h3-8,10H,9H2,1-2H3,(H,17,18,19,22). The van der Waals surface area contributed by atoms with Gasteiger partial charge in [-0.25, -0.2) is 4.68 Å². The maximum Gasteiger partial charge on any atom is 0.261 e. The van der Waals surface area contributed by atoms with Gasteiger partial charge in [0.25, 0.3) is 5.91 Å². The number of carbonyl (C=O) groups excluding carboxylic acids is 1. The quantitative estimate of drug-likeness (QED) is 0.793. The van der Waals surface area contributed by atoms with E-state index in [1.54, 1.807) is 31.0 Å². The van der Waals surface area contributed by atoms with E-state index in [0.717, 1.165) is 5.56 Å². The number of nitrogens with zero attached hydrogens (tertiary/aromatic N) is 5. The first-order chi connectivity index (χ1) is 10.6. The molecule has 0 saturated heterocycles. The molecule has 3 rings (SSSR count). The molecule has 0 fully saturated rings. The molecule has 0 aliphatic heterocycles. The van der Waals surface area contributed by atoms with E-state index in [2.05, 4.69) is 20.5 Å². The normalized spacial score (nSPS) is 10.6. The first kappa shape index (κ1) is 14.0. The van der Waals surface area contributed by atoms with Crippen LogP contribution < -0.4 is 5.32 Å². The fourth-order valence-corrected chi connectivity index (χ4v) is 2.13. The number of benzene rings is 1. The molecule has 3 aromatic rings. The fourth-order valence-electron chi connectivity index (χ4n) is 2.13. The van der Waals surface area contributed by atoms with E-state index in [1.807, 2.05) is 30.3 Å². The molecule has 7 heteroatoms. The first-order valence-electron chi connectivity index (χ1n) is 6.87. The number of rotatable bonds is 4. The molecule has 1 aromatic carbocycles. The van der Waals surface area contributed by atoms with E-state index in [4.69, 9.17) is 0 Å². The van der Waals surface area contributed by atoms with Gasteiger partial charge >= 0.3 is 0 Å². The molecule has 2 aromatic heterocycles. The summed E-state index contributed by atoms with van der Waals surface area (Å²) in [5.41, 5.74) is 1.61. The summed E-state index contributed by atoms with van der Waals surface area (Å²) in [6.45, 7) is 2.39. The highest BCUT2D eigenvalue weighted by molar-refractivity contribution is 6.03. The summed E-state index contributed by atoms with van der Waals surface area (Å²) >= 11 is 0. The highest BCUT2D eigenvalue weighted by Crippen LogP contribution is 2.07. The molecule has 2 heterocycles. The number of nitrogens with one attached hydrogen (secondary N) is 1. The molecule has 0 aliphatic carbocycles. The van der Waals surface area contributed by atoms with Crippen molar-refractivity contribution < 1.29 is 4.79 Å². The van der Waals surface area contributed by atoms with E-state index in [0.29, 0.717) is 23.9 Å². The van der Waals surface area contributed by atoms with Crippen molar-refractivity contribution in [3.05, 3.63) is 59.7 Å². The number of aromatic nitrogens is 5. The van der Waals surface area contributed by atoms with Crippen LogP contribution in [-0.2, 0) is 13.6 Å². The predicted octanol–water partition coefficient (Wildman–Crippen LogP) is 1.62. The third kappa shape index (κ3) is 3.03. The molecule has 0 unspecified atom stereocenters. The van der Waals surface area contributed by atoms with Gasteiger partial charge in [-0.2, -0.15) is 15.2 Å². The monoisotopic (exact) mass is 296 g/mol. The van der Waals surface area contributed by atoms with Crippen molar-refractivity contribution in [2.24, 2.45) is 7.05 Å². The van der Waals surface area contributed by atoms with Crippen molar-refractivity contribution in [1.82, 2.24) is 24.5 Å². The highest BCUT2D eigenvalue weighted by Gasteiger charge is 2.12. The van der Waals surface area contributed by atoms with Gasteiger partial charge in [0.1, 0.15) is 5.82 Å². The molecule has 7 nitrogen and oxygen atoms in total. The zero-order valence-electron chi connectivity index (χ0n) is 12.4. The Morgan fingerprint density at radius 3 is 2.73 bits per heavy atom. The van der Waals surface area contributed by atoms with Crippen LogP contribution in [0.1, 0.15) is 21.7 Å². The molecule has 0 radical (unpaired) electrons. The summed E-state index contributed by atoms with van der Waals surface area (Å²) < 4.78 is 3.26. The van der Waals surface area contributed by atoms with Gasteiger partial charge in [-0.3, -0.25) is 14.8 Å². The minimum absolute atomic E-state index is 0.255. The summed E-state index contributed by atoms with van der Waals surface area (Å²) in [6, 6.07) is 9.95. The average Bonchev–Trinajstić information content (AvgIpc) is 3.07. The Balaban J connectivity index is 1.70. The van der Waals surface area contributed by atoms with Crippen molar-refractivity contribution in [1.29, 1.82) is 0 Å². The second-order valence-electron chi connectivity index (χ2n) is 4.97. The van der Waals surface area contributed by atoms with Crippen LogP contribution in [0.3, 0.4) is 0 Å². The molecule has 1 amide bonds. The Morgan fingerprint density at radius 2 is 2.05 bits per heavy atom. The Hall–Kier alpha value is -2.96. The molecule has 0 bridgehead atoms. The number of carbonyl (C=O) groups is 1. The molecular weight excluding hydrogens is 280 g/mol. The highest BCUT2D eigenvalue weighted by atomic mass is 16.1. The molecule has 0 aliphatic rings. The predicted molar refractivity (Wildman–Crippen MR) is 81.5 cm³/mol. The van der Waals surface area contributed by atoms with E-state index < -0.39 is 0 Å². The van der Waals surface area contributed by atoms with Crippen LogP contribution in [0.4, 0.5) is 5.95 Å². The van der Waals surface area contributed by atoms with Gasteiger partial charge in [-0.05, 0) is 12.5 Å². The third-order valence-electron chi connectivity index (χ3n) is 3.18. The Bertz CT molecular complexity index is 789. The van der Waals surface area contributed by atoms with Crippen molar-refractivity contribution in [3.8, 4) is 0 Å². The molecule has 112 valence electrons. The molecular formula is C15H16N6O. The van der Waals surface area contributed by atoms with Crippen LogP contribution in [0.25, 0.3) is 0 Å². The maximum absolute atomic E-state index is 12.2. The Kier molecular flexibility index (Phi) is 3.69. The lowest BCUT2D eigenvalue weighted by atomic mass is 10.2. The van der Waals surface area contributed by atoms with Crippen molar-refractivity contribution >= 4 is 11.9 Å². The largest absolute Gasteiger partial charge is 0.290 e. The van der Waals surface area contributed by atoms with E-state index in [1.165, 1.54) is 4.68 Å². The maximum atomic E-state index is 12.2. The lowest BCUT2D eigenvalue weighted by Crippen LogP contribution is -2.14. The first-order valence-corrected chi connectivity index (χ1v) is 6.87. The number of anilines is 1. The summed E-state index contributed by atoms with van der Waals surface area (Å²) in [5, 5.41) is 11.0. The van der Waals surface area contributed by atoms with E-state index >= 15 is 0 Å². The molecule has 22 heavy (non-hydrogen) atoms. The topological polar surface area (TPSA) is 77.6 Å². The van der Waals surface area contributed by atoms with Crippen LogP contribution in [0.15, 0.2) is 42.7 Å². The summed E-state index contributed by atoms with van der Waals surface area (Å²) in [6.07, 6.45) is 3.26.